The Bertz CT molecular complexity index is 2200. The molecule has 2 aromatic heterocycles. The van der Waals surface area contributed by atoms with Gasteiger partial charge in [-0.2, -0.15) is 0 Å². The van der Waals surface area contributed by atoms with Crippen LogP contribution in [0, 0.1) is 35.0 Å². The Balaban J connectivity index is 1.09. The van der Waals surface area contributed by atoms with E-state index < -0.39 is 41.0 Å². The van der Waals surface area contributed by atoms with Crippen molar-refractivity contribution in [1.29, 1.82) is 0 Å². The Kier molecular flexibility index (Phi) is 13.3. The summed E-state index contributed by atoms with van der Waals surface area (Å²) in [4.78, 5) is 67.9. The molecule has 3 aromatic rings. The summed E-state index contributed by atoms with van der Waals surface area (Å²) in [7, 11) is 0. The van der Waals surface area contributed by atoms with E-state index in [1.54, 1.807) is 0 Å². The number of nitrogens with one attached hydrogen (secondary N) is 3. The number of alkyl carbamates (subject to hydrolysis) is 1. The minimum absolute atomic E-state index is 0.0310. The van der Waals surface area contributed by atoms with Gasteiger partial charge in [0.05, 0.1) is 36.4 Å². The number of carbonyl (C=O) groups excluding carboxylic acids is 4. The molecular formula is C47H63ClN6O8S. The van der Waals surface area contributed by atoms with Gasteiger partial charge in [0.2, 0.25) is 5.91 Å². The van der Waals surface area contributed by atoms with Gasteiger partial charge in [-0.25, -0.2) is 14.8 Å². The van der Waals surface area contributed by atoms with Gasteiger partial charge in [0.25, 0.3) is 0 Å². The molecule has 5 fully saturated rings. The maximum atomic E-state index is 14.9. The molecule has 14 nitrogen and oxygen atoms in total. The smallest absolute Gasteiger partial charge is 0.408 e. The topological polar surface area (TPSA) is 170 Å². The van der Waals surface area contributed by atoms with Gasteiger partial charge in [-0.05, 0) is 94.6 Å². The van der Waals surface area contributed by atoms with E-state index in [1.807, 2.05) is 65.1 Å². The number of fused-ring (bicyclic) bond motifs is 2. The molecule has 1 aliphatic heterocycles. The van der Waals surface area contributed by atoms with E-state index in [9.17, 15) is 19.2 Å². The molecule has 342 valence electrons. The molecule has 1 saturated heterocycles. The fourth-order valence-electron chi connectivity index (χ4n) is 10.0. The maximum absolute atomic E-state index is 14.9. The number of benzene rings is 1. The third kappa shape index (κ3) is 10.1. The van der Waals surface area contributed by atoms with Crippen LogP contribution in [0.4, 0.5) is 9.93 Å². The van der Waals surface area contributed by atoms with Crippen LogP contribution in [0.2, 0.25) is 5.02 Å². The second kappa shape index (κ2) is 18.4. The summed E-state index contributed by atoms with van der Waals surface area (Å²) in [6.07, 6.45) is 3.23. The summed E-state index contributed by atoms with van der Waals surface area (Å²) >= 11 is 8.61. The first-order valence-corrected chi connectivity index (χ1v) is 24.1. The van der Waals surface area contributed by atoms with Gasteiger partial charge in [-0.1, -0.05) is 45.7 Å². The van der Waals surface area contributed by atoms with Crippen LogP contribution >= 0.6 is 22.9 Å². The average Bonchev–Trinajstić information content (AvgIpc) is 3.91. The maximum Gasteiger partial charge on any atom is 0.408 e. The molecule has 9 atom stereocenters. The predicted molar refractivity (Wildman–Crippen MR) is 242 cm³/mol. The summed E-state index contributed by atoms with van der Waals surface area (Å²) in [5.41, 5.74) is -0.0130. The number of thiazole rings is 1. The zero-order valence-corrected chi connectivity index (χ0v) is 39.2. The Morgan fingerprint density at radius 3 is 2.38 bits per heavy atom. The van der Waals surface area contributed by atoms with Crippen molar-refractivity contribution in [3.05, 3.63) is 28.6 Å². The molecule has 0 radical (unpaired) electrons. The van der Waals surface area contributed by atoms with E-state index >= 15 is 0 Å². The largest absolute Gasteiger partial charge is 0.491 e. The van der Waals surface area contributed by atoms with Crippen LogP contribution in [-0.2, 0) is 23.9 Å². The fourth-order valence-corrected chi connectivity index (χ4v) is 11.1. The Hall–Kier alpha value is -4.05. The highest BCUT2D eigenvalue weighted by Crippen LogP contribution is 2.53. The fraction of sp³-hybridized carbons (Fsp3) is 0.660. The average molecular weight is 908 g/mol. The second-order valence-electron chi connectivity index (χ2n) is 19.8. The van der Waals surface area contributed by atoms with E-state index in [-0.39, 0.29) is 48.4 Å². The van der Waals surface area contributed by atoms with Crippen LogP contribution < -0.4 is 25.4 Å². The lowest BCUT2D eigenvalue weighted by Crippen LogP contribution is -2.54. The van der Waals surface area contributed by atoms with Crippen molar-refractivity contribution < 1.29 is 38.1 Å². The number of hydrogen-bond donors (Lipinski definition) is 3. The Morgan fingerprint density at radius 2 is 1.71 bits per heavy atom. The van der Waals surface area contributed by atoms with Crippen molar-refractivity contribution in [3.63, 3.8) is 0 Å². The zero-order valence-electron chi connectivity index (χ0n) is 37.6. The molecule has 63 heavy (non-hydrogen) atoms. The molecule has 1 aromatic carbocycles. The number of anilines is 1. The summed E-state index contributed by atoms with van der Waals surface area (Å²) in [6, 6.07) is 4.76. The molecule has 5 aliphatic rings. The normalized spacial score (nSPS) is 28.3. The number of morpholine rings is 1. The molecule has 4 aliphatic carbocycles. The molecule has 16 heteroatoms. The summed E-state index contributed by atoms with van der Waals surface area (Å²) in [5.74, 6) is -0.132. The van der Waals surface area contributed by atoms with Crippen molar-refractivity contribution in [2.45, 2.75) is 123 Å². The lowest BCUT2D eigenvalue weighted by Gasteiger charge is -2.33. The van der Waals surface area contributed by atoms with Gasteiger partial charge < -0.3 is 34.9 Å². The number of aromatic nitrogens is 2. The number of pyridine rings is 1. The number of ether oxygens (including phenoxy) is 4. The first-order chi connectivity index (χ1) is 30.0. The molecule has 3 N–H and O–H groups in total. The molecule has 4 saturated carbocycles. The third-order valence-electron chi connectivity index (χ3n) is 13.8. The van der Waals surface area contributed by atoms with Crippen LogP contribution in [-0.4, -0.2) is 108 Å². The van der Waals surface area contributed by atoms with E-state index in [1.165, 1.54) is 24.7 Å². The second-order valence-corrected chi connectivity index (χ2v) is 21.0. The summed E-state index contributed by atoms with van der Waals surface area (Å²) in [6.45, 7) is 17.5. The van der Waals surface area contributed by atoms with Crippen molar-refractivity contribution in [2.75, 3.05) is 44.8 Å². The third-order valence-corrected chi connectivity index (χ3v) is 14.9. The van der Waals surface area contributed by atoms with Crippen LogP contribution in [0.3, 0.4) is 0 Å². The first kappa shape index (κ1) is 45.5. The van der Waals surface area contributed by atoms with Gasteiger partial charge in [0, 0.05) is 48.4 Å². The lowest BCUT2D eigenvalue weighted by atomic mass is 9.77. The number of rotatable bonds is 17. The van der Waals surface area contributed by atoms with Gasteiger partial charge >= 0.3 is 6.09 Å². The predicted octanol–water partition coefficient (Wildman–Crippen LogP) is 7.70. The van der Waals surface area contributed by atoms with Crippen molar-refractivity contribution >= 4 is 62.5 Å². The number of hydrogen-bond acceptors (Lipinski definition) is 13. The molecule has 0 spiro atoms. The minimum Gasteiger partial charge on any atom is -0.491 e. The highest BCUT2D eigenvalue weighted by atomic mass is 35.5. The highest BCUT2D eigenvalue weighted by molar-refractivity contribution is 7.14. The van der Waals surface area contributed by atoms with Gasteiger partial charge in [-0.3, -0.25) is 19.3 Å². The first-order valence-electron chi connectivity index (χ1n) is 22.8. The van der Waals surface area contributed by atoms with E-state index in [0.29, 0.717) is 76.9 Å². The van der Waals surface area contributed by atoms with Crippen LogP contribution in [0.15, 0.2) is 23.6 Å². The van der Waals surface area contributed by atoms with Crippen LogP contribution in [0.1, 0.15) is 93.4 Å². The number of nitrogens with zero attached hydrogens (tertiary/aromatic N) is 3. The van der Waals surface area contributed by atoms with Crippen molar-refractivity contribution in [1.82, 2.24) is 25.5 Å². The number of carbonyl (C=O) groups is 4. The summed E-state index contributed by atoms with van der Waals surface area (Å²) in [5, 5.41) is 13.0. The lowest BCUT2D eigenvalue weighted by molar-refractivity contribution is -0.136. The molecule has 0 bridgehead atoms. The standard InChI is InChI=1S/C47H63ClN6O8S/c1-8-29-23-47(29,26(4)55)53-43(57)34-21-31(20-33(34)41(56)42(46(5,6)7)52-45(58)62-30-18-27-17-28(27)19-30)61-38-22-35(36-24-63-44(51-36)49-25(2)3)50-40-32(38)9-10-37(39(40)48)60-16-13-54-11-14-59-15-12-54/h9-10,22,24-25,27-31,33-34,42H,8,11-21,23H2,1-7H3,(H,49,51)(H,52,58)(H,53,57)/t27-,28+,29?,30?,31-,33?,34+,42+,47-/m0/s1. The number of ketones is 2. The monoisotopic (exact) mass is 906 g/mol. The molecular weight excluding hydrogens is 844 g/mol. The molecule has 2 amide bonds. The van der Waals surface area contributed by atoms with Crippen molar-refractivity contribution in [3.8, 4) is 22.9 Å². The Labute approximate surface area is 379 Å². The number of amides is 2. The molecule has 3 heterocycles. The quantitative estimate of drug-likeness (QED) is 0.121. The number of Topliss-reactive ketones (excluding diaryl/α,β-unsaturated/α-hetero) is 2. The van der Waals surface area contributed by atoms with Gasteiger partial charge in [0.15, 0.2) is 16.7 Å². The SMILES string of the molecule is CCC1C[C@]1(NC(=O)[C@@H]1C[C@@H](Oc2cc(-c3csc(NC(C)C)n3)nc3c(Cl)c(OCCN4CCOCC4)ccc23)CC1C(=O)[C@@H](NC(=O)OC1C[C@@H]2C[C@@H]2C1)C(C)(C)C)C(C)=O. The zero-order chi connectivity index (χ0) is 44.8. The van der Waals surface area contributed by atoms with Gasteiger partial charge in [-0.15, -0.1) is 11.3 Å². The summed E-state index contributed by atoms with van der Waals surface area (Å²) < 4.78 is 24.5. The van der Waals surface area contributed by atoms with E-state index in [4.69, 9.17) is 40.5 Å². The minimum atomic E-state index is -0.947. The van der Waals surface area contributed by atoms with Crippen LogP contribution in [0.5, 0.6) is 11.5 Å². The molecule has 8 rings (SSSR count). The Morgan fingerprint density at radius 1 is 0.984 bits per heavy atom. The molecule has 3 unspecified atom stereocenters. The number of halogens is 1. The highest BCUT2D eigenvalue weighted by Gasteiger charge is 2.59. The van der Waals surface area contributed by atoms with Crippen LogP contribution in [0.25, 0.3) is 22.3 Å². The van der Waals surface area contributed by atoms with E-state index in [2.05, 4.69) is 20.9 Å². The van der Waals surface area contributed by atoms with E-state index in [0.717, 1.165) is 44.0 Å². The van der Waals surface area contributed by atoms with Crippen molar-refractivity contribution in [2.24, 2.45) is 35.0 Å². The van der Waals surface area contributed by atoms with Gasteiger partial charge in [0.1, 0.15) is 46.6 Å².